The highest BCUT2D eigenvalue weighted by Gasteiger charge is 2.04. The Morgan fingerprint density at radius 2 is 2.05 bits per heavy atom. The normalized spacial score (nSPS) is 10.9. The molecule has 1 aromatic heterocycles. The summed E-state index contributed by atoms with van der Waals surface area (Å²) in [6, 6.07) is 10.3. The van der Waals surface area contributed by atoms with Crippen molar-refractivity contribution < 1.29 is 4.74 Å². The smallest absolute Gasteiger partial charge is 0.124 e. The molecule has 0 aliphatic carbocycles. The number of benzene rings is 1. The van der Waals surface area contributed by atoms with Crippen LogP contribution >= 0.6 is 11.3 Å². The molecule has 0 bridgehead atoms. The Hall–Kier alpha value is -1.32. The van der Waals surface area contributed by atoms with Gasteiger partial charge in [-0.25, -0.2) is 0 Å². The average Bonchev–Trinajstić information content (AvgIpc) is 2.90. The van der Waals surface area contributed by atoms with Gasteiger partial charge in [0.1, 0.15) is 12.4 Å². The second kappa shape index (κ2) is 7.31. The van der Waals surface area contributed by atoms with Gasteiger partial charge in [-0.15, -0.1) is 0 Å². The summed E-state index contributed by atoms with van der Waals surface area (Å²) in [6.45, 7) is 6.96. The Morgan fingerprint density at radius 3 is 2.79 bits per heavy atom. The van der Waals surface area contributed by atoms with Gasteiger partial charge in [0, 0.05) is 12.1 Å². The lowest BCUT2D eigenvalue weighted by Gasteiger charge is -2.12. The van der Waals surface area contributed by atoms with Crippen LogP contribution in [0.5, 0.6) is 5.75 Å². The van der Waals surface area contributed by atoms with Crippen LogP contribution < -0.4 is 10.1 Å². The first kappa shape index (κ1) is 14.1. The van der Waals surface area contributed by atoms with Crippen molar-refractivity contribution in [2.45, 2.75) is 27.0 Å². The third-order valence-corrected chi connectivity index (χ3v) is 3.55. The number of hydrogen-bond acceptors (Lipinski definition) is 3. The number of hydrogen-bond donors (Lipinski definition) is 1. The van der Waals surface area contributed by atoms with Gasteiger partial charge in [-0.1, -0.05) is 32.0 Å². The average molecular weight is 275 g/mol. The highest BCUT2D eigenvalue weighted by molar-refractivity contribution is 7.07. The van der Waals surface area contributed by atoms with Gasteiger partial charge in [0.05, 0.1) is 0 Å². The molecule has 0 amide bonds. The molecule has 19 heavy (non-hydrogen) atoms. The van der Waals surface area contributed by atoms with E-state index in [9.17, 15) is 0 Å². The van der Waals surface area contributed by atoms with Gasteiger partial charge in [-0.05, 0) is 40.9 Å². The summed E-state index contributed by atoms with van der Waals surface area (Å²) < 4.78 is 5.91. The van der Waals surface area contributed by atoms with E-state index in [1.807, 2.05) is 12.1 Å². The topological polar surface area (TPSA) is 21.3 Å². The first-order chi connectivity index (χ1) is 9.25. The van der Waals surface area contributed by atoms with E-state index < -0.39 is 0 Å². The van der Waals surface area contributed by atoms with Crippen LogP contribution in [0.1, 0.15) is 25.0 Å². The summed E-state index contributed by atoms with van der Waals surface area (Å²) in [4.78, 5) is 0. The predicted octanol–water partition coefficient (Wildman–Crippen LogP) is 4.07. The molecular weight excluding hydrogens is 254 g/mol. The van der Waals surface area contributed by atoms with Crippen molar-refractivity contribution in [3.63, 3.8) is 0 Å². The van der Waals surface area contributed by atoms with Gasteiger partial charge in [0.25, 0.3) is 0 Å². The first-order valence-corrected chi connectivity index (χ1v) is 7.62. The molecule has 2 nitrogen and oxygen atoms in total. The predicted molar refractivity (Wildman–Crippen MR) is 81.6 cm³/mol. The molecule has 102 valence electrons. The standard InChI is InChI=1S/C16H21NOS/c1-13(2)9-17-10-15-5-3-4-6-16(15)18-11-14-7-8-19-12-14/h3-8,12-13,17H,9-11H2,1-2H3. The summed E-state index contributed by atoms with van der Waals surface area (Å²) >= 11 is 1.70. The van der Waals surface area contributed by atoms with E-state index in [0.717, 1.165) is 18.8 Å². The van der Waals surface area contributed by atoms with Gasteiger partial charge < -0.3 is 10.1 Å². The molecular formula is C16H21NOS. The van der Waals surface area contributed by atoms with E-state index in [4.69, 9.17) is 4.74 Å². The lowest BCUT2D eigenvalue weighted by Crippen LogP contribution is -2.19. The molecule has 0 aliphatic rings. The van der Waals surface area contributed by atoms with Crippen molar-refractivity contribution in [2.75, 3.05) is 6.54 Å². The minimum absolute atomic E-state index is 0.644. The summed E-state index contributed by atoms with van der Waals surface area (Å²) in [7, 11) is 0. The third kappa shape index (κ3) is 4.69. The molecule has 2 rings (SSSR count). The zero-order chi connectivity index (χ0) is 13.5. The fraction of sp³-hybridized carbons (Fsp3) is 0.375. The van der Waals surface area contributed by atoms with E-state index in [1.165, 1.54) is 11.1 Å². The Kier molecular flexibility index (Phi) is 5.43. The monoisotopic (exact) mass is 275 g/mol. The highest BCUT2D eigenvalue weighted by Crippen LogP contribution is 2.19. The van der Waals surface area contributed by atoms with Crippen LogP contribution in [0.25, 0.3) is 0 Å². The first-order valence-electron chi connectivity index (χ1n) is 6.68. The van der Waals surface area contributed by atoms with Gasteiger partial charge in [-0.3, -0.25) is 0 Å². The Labute approximate surface area is 119 Å². The molecule has 3 heteroatoms. The van der Waals surface area contributed by atoms with Crippen LogP contribution in [0, 0.1) is 5.92 Å². The van der Waals surface area contributed by atoms with Gasteiger partial charge in [0.2, 0.25) is 0 Å². The molecule has 0 saturated carbocycles. The molecule has 0 saturated heterocycles. The van der Waals surface area contributed by atoms with Crippen LogP contribution in [-0.4, -0.2) is 6.54 Å². The van der Waals surface area contributed by atoms with Crippen molar-refractivity contribution in [1.82, 2.24) is 5.32 Å². The summed E-state index contributed by atoms with van der Waals surface area (Å²) in [5.74, 6) is 1.64. The molecule has 1 N–H and O–H groups in total. The maximum atomic E-state index is 5.91. The van der Waals surface area contributed by atoms with E-state index in [1.54, 1.807) is 11.3 Å². The lowest BCUT2D eigenvalue weighted by atomic mass is 10.2. The molecule has 0 atom stereocenters. The minimum Gasteiger partial charge on any atom is -0.489 e. The number of rotatable bonds is 7. The van der Waals surface area contributed by atoms with E-state index in [-0.39, 0.29) is 0 Å². The van der Waals surface area contributed by atoms with Crippen LogP contribution in [0.15, 0.2) is 41.1 Å². The van der Waals surface area contributed by atoms with E-state index in [2.05, 4.69) is 48.1 Å². The summed E-state index contributed by atoms with van der Waals surface area (Å²) in [5.41, 5.74) is 2.45. The van der Waals surface area contributed by atoms with Crippen LogP contribution in [0.2, 0.25) is 0 Å². The second-order valence-corrected chi connectivity index (χ2v) is 5.83. The molecule has 1 heterocycles. The molecule has 0 spiro atoms. The zero-order valence-electron chi connectivity index (χ0n) is 11.6. The van der Waals surface area contributed by atoms with E-state index in [0.29, 0.717) is 12.5 Å². The molecule has 1 aromatic carbocycles. The quantitative estimate of drug-likeness (QED) is 0.822. The maximum Gasteiger partial charge on any atom is 0.124 e. The van der Waals surface area contributed by atoms with Crippen LogP contribution in [0.4, 0.5) is 0 Å². The Balaban J connectivity index is 1.92. The van der Waals surface area contributed by atoms with Crippen molar-refractivity contribution in [1.29, 1.82) is 0 Å². The van der Waals surface area contributed by atoms with E-state index >= 15 is 0 Å². The van der Waals surface area contributed by atoms with Crippen LogP contribution in [0.3, 0.4) is 0 Å². The molecule has 0 aliphatic heterocycles. The molecule has 2 aromatic rings. The maximum absolute atomic E-state index is 5.91. The largest absolute Gasteiger partial charge is 0.489 e. The number of para-hydroxylation sites is 1. The lowest BCUT2D eigenvalue weighted by molar-refractivity contribution is 0.302. The third-order valence-electron chi connectivity index (χ3n) is 2.82. The molecule has 0 radical (unpaired) electrons. The number of ether oxygens (including phenoxy) is 1. The highest BCUT2D eigenvalue weighted by atomic mass is 32.1. The van der Waals surface area contributed by atoms with Gasteiger partial charge in [-0.2, -0.15) is 11.3 Å². The number of thiophene rings is 1. The van der Waals surface area contributed by atoms with Crippen molar-refractivity contribution >= 4 is 11.3 Å². The molecule has 0 unspecified atom stereocenters. The Morgan fingerprint density at radius 1 is 1.21 bits per heavy atom. The molecule has 0 fully saturated rings. The van der Waals surface area contributed by atoms with Gasteiger partial charge in [0.15, 0.2) is 0 Å². The SMILES string of the molecule is CC(C)CNCc1ccccc1OCc1ccsc1. The summed E-state index contributed by atoms with van der Waals surface area (Å²) in [6.07, 6.45) is 0. The van der Waals surface area contributed by atoms with Crippen molar-refractivity contribution in [3.05, 3.63) is 52.2 Å². The fourth-order valence-electron chi connectivity index (χ4n) is 1.82. The van der Waals surface area contributed by atoms with Crippen molar-refractivity contribution in [2.24, 2.45) is 5.92 Å². The minimum atomic E-state index is 0.644. The number of nitrogens with one attached hydrogen (secondary N) is 1. The Bertz CT molecular complexity index is 479. The second-order valence-electron chi connectivity index (χ2n) is 5.05. The summed E-state index contributed by atoms with van der Waals surface area (Å²) in [5, 5.41) is 7.66. The van der Waals surface area contributed by atoms with Gasteiger partial charge >= 0.3 is 0 Å². The van der Waals surface area contributed by atoms with Crippen LogP contribution in [-0.2, 0) is 13.2 Å². The fourth-order valence-corrected chi connectivity index (χ4v) is 2.48. The van der Waals surface area contributed by atoms with Crippen molar-refractivity contribution in [3.8, 4) is 5.75 Å². The zero-order valence-corrected chi connectivity index (χ0v) is 12.4.